The Labute approximate surface area is 209 Å². The first-order chi connectivity index (χ1) is 17.0. The molecule has 0 bridgehead atoms. The maximum atomic E-state index is 15.4. The lowest BCUT2D eigenvalue weighted by Crippen LogP contribution is -2.53. The average molecular weight is 517 g/mol. The van der Waals surface area contributed by atoms with E-state index in [1.54, 1.807) is 29.6 Å². The number of hydrogen-bond donors (Lipinski definition) is 3. The van der Waals surface area contributed by atoms with Gasteiger partial charge in [-0.25, -0.2) is 18.6 Å². The van der Waals surface area contributed by atoms with Crippen LogP contribution < -0.4 is 21.4 Å². The van der Waals surface area contributed by atoms with Crippen molar-refractivity contribution < 1.29 is 19.1 Å². The summed E-state index contributed by atoms with van der Waals surface area (Å²) in [6.07, 6.45) is 2.26. The van der Waals surface area contributed by atoms with Gasteiger partial charge in [-0.3, -0.25) is 14.3 Å². The summed E-state index contributed by atoms with van der Waals surface area (Å²) in [6.45, 7) is 5.42. The molecule has 3 aromatic rings. The number of amides is 1. The first-order valence-corrected chi connectivity index (χ1v) is 11.8. The summed E-state index contributed by atoms with van der Waals surface area (Å²) in [6, 6.07) is 1.75. The molecule has 0 aromatic carbocycles. The van der Waals surface area contributed by atoms with Gasteiger partial charge in [-0.2, -0.15) is 5.10 Å². The zero-order chi connectivity index (χ0) is 26.3. The van der Waals surface area contributed by atoms with Crippen molar-refractivity contribution in [2.24, 2.45) is 23.1 Å². The number of rotatable bonds is 7. The van der Waals surface area contributed by atoms with E-state index in [9.17, 15) is 19.5 Å². The van der Waals surface area contributed by atoms with Gasteiger partial charge in [-0.1, -0.05) is 0 Å². The average Bonchev–Trinajstić information content (AvgIpc) is 3.10. The maximum absolute atomic E-state index is 15.4. The van der Waals surface area contributed by atoms with Crippen LogP contribution in [0.4, 0.5) is 16.0 Å². The number of aromatic carboxylic acids is 1. The minimum atomic E-state index is -1.43. The highest BCUT2D eigenvalue weighted by atomic mass is 32.2. The monoisotopic (exact) mass is 516 g/mol. The molecule has 36 heavy (non-hydrogen) atoms. The molecule has 4 heterocycles. The van der Waals surface area contributed by atoms with E-state index in [0.717, 1.165) is 24.0 Å². The third kappa shape index (κ3) is 4.39. The van der Waals surface area contributed by atoms with E-state index in [0.29, 0.717) is 5.82 Å². The Morgan fingerprint density at radius 1 is 1.39 bits per heavy atom. The molecule has 0 aliphatic carbocycles. The largest absolute Gasteiger partial charge is 0.477 e. The zero-order valence-electron chi connectivity index (χ0n) is 20.0. The minimum absolute atomic E-state index is 0.0199. The summed E-state index contributed by atoms with van der Waals surface area (Å²) in [5.74, 6) is -2.40. The van der Waals surface area contributed by atoms with Crippen LogP contribution in [0.3, 0.4) is 0 Å². The Hall–Kier alpha value is -3.94. The van der Waals surface area contributed by atoms with Crippen LogP contribution in [0.15, 0.2) is 21.5 Å². The minimum Gasteiger partial charge on any atom is -0.477 e. The standard InChI is InChI=1S/C22H25FN8O4S/c1-10-5-15(28-29(10)4)26-21(33)13-6-30(7-13)20-17(23)11(2)16-18(32)14(22(34)35)8-31(19(16)27-20)12(3)36-25-9-24/h5,8-9,12-13H,6-7H2,1-4H3,(H2,24,25)(H,34,35)(H,26,28,33). The number of pyridine rings is 2. The molecular formula is C22H25FN8O4S. The summed E-state index contributed by atoms with van der Waals surface area (Å²) in [5.41, 5.74) is 4.98. The first kappa shape index (κ1) is 25.2. The van der Waals surface area contributed by atoms with Crippen molar-refractivity contribution in [2.75, 3.05) is 23.3 Å². The Morgan fingerprint density at radius 3 is 2.67 bits per heavy atom. The summed E-state index contributed by atoms with van der Waals surface area (Å²) < 4.78 is 22.4. The predicted molar refractivity (Wildman–Crippen MR) is 135 cm³/mol. The van der Waals surface area contributed by atoms with Crippen molar-refractivity contribution in [2.45, 2.75) is 26.1 Å². The van der Waals surface area contributed by atoms with E-state index in [4.69, 9.17) is 5.73 Å². The van der Waals surface area contributed by atoms with Crippen LogP contribution in [0.5, 0.6) is 0 Å². The Bertz CT molecular complexity index is 1440. The van der Waals surface area contributed by atoms with Crippen LogP contribution in [0, 0.1) is 25.6 Å². The summed E-state index contributed by atoms with van der Waals surface area (Å²) in [7, 11) is 1.77. The molecule has 14 heteroatoms. The van der Waals surface area contributed by atoms with Crippen molar-refractivity contribution in [3.8, 4) is 0 Å². The number of carboxylic acid groups (broad SMARTS) is 1. The maximum Gasteiger partial charge on any atom is 0.341 e. The molecule has 4 rings (SSSR count). The summed E-state index contributed by atoms with van der Waals surface area (Å²) in [4.78, 5) is 43.2. The van der Waals surface area contributed by atoms with Gasteiger partial charge in [0.1, 0.15) is 11.2 Å². The fourth-order valence-electron chi connectivity index (χ4n) is 3.98. The van der Waals surface area contributed by atoms with Gasteiger partial charge in [0.25, 0.3) is 0 Å². The van der Waals surface area contributed by atoms with E-state index < -0.39 is 34.1 Å². The van der Waals surface area contributed by atoms with E-state index >= 15 is 4.39 Å². The normalized spacial score (nSPS) is 14.9. The molecule has 4 N–H and O–H groups in total. The van der Waals surface area contributed by atoms with Crippen LogP contribution in [0.2, 0.25) is 0 Å². The number of nitrogens with two attached hydrogens (primary N) is 1. The summed E-state index contributed by atoms with van der Waals surface area (Å²) >= 11 is 1.03. The molecule has 1 aliphatic heterocycles. The van der Waals surface area contributed by atoms with Gasteiger partial charge in [0, 0.05) is 55.6 Å². The zero-order valence-corrected chi connectivity index (χ0v) is 20.8. The van der Waals surface area contributed by atoms with Crippen molar-refractivity contribution in [3.63, 3.8) is 0 Å². The SMILES string of the molecule is Cc1c(F)c(N2CC(C(=O)Nc3cc(C)n(C)n3)C2)nc2c1c(=O)c(C(=O)O)cn2C(C)SN=CN. The van der Waals surface area contributed by atoms with Gasteiger partial charge < -0.3 is 25.6 Å². The number of nitrogens with zero attached hydrogens (tertiary/aromatic N) is 6. The number of carbonyl (C=O) groups is 2. The number of carbonyl (C=O) groups excluding carboxylic acids is 1. The fourth-order valence-corrected chi connectivity index (χ4v) is 4.49. The Balaban J connectivity index is 1.68. The third-order valence-corrected chi connectivity index (χ3v) is 6.91. The Kier molecular flexibility index (Phi) is 6.71. The van der Waals surface area contributed by atoms with Gasteiger partial charge in [-0.05, 0) is 20.8 Å². The molecule has 1 fully saturated rings. The second-order valence-corrected chi connectivity index (χ2v) is 9.61. The number of hydrogen-bond acceptors (Lipinski definition) is 8. The molecule has 1 saturated heterocycles. The fraction of sp³-hybridized carbons (Fsp3) is 0.364. The molecule has 3 aromatic heterocycles. The molecule has 12 nitrogen and oxygen atoms in total. The lowest BCUT2D eigenvalue weighted by atomic mass is 9.98. The Morgan fingerprint density at radius 2 is 2.08 bits per heavy atom. The molecule has 1 aliphatic rings. The molecule has 190 valence electrons. The topological polar surface area (TPSA) is 161 Å². The molecular weight excluding hydrogens is 491 g/mol. The second-order valence-electron chi connectivity index (χ2n) is 8.50. The van der Waals surface area contributed by atoms with Crippen LogP contribution in [0.1, 0.15) is 33.9 Å². The molecule has 0 spiro atoms. The molecule has 1 unspecified atom stereocenters. The lowest BCUT2D eigenvalue weighted by molar-refractivity contribution is -0.120. The van der Waals surface area contributed by atoms with Gasteiger partial charge in [0.15, 0.2) is 17.5 Å². The van der Waals surface area contributed by atoms with Crippen LogP contribution in [-0.4, -0.2) is 55.7 Å². The number of anilines is 2. The van der Waals surface area contributed by atoms with Crippen molar-refractivity contribution in [1.29, 1.82) is 0 Å². The number of aryl methyl sites for hydroxylation is 3. The van der Waals surface area contributed by atoms with E-state index in [-0.39, 0.29) is 41.4 Å². The van der Waals surface area contributed by atoms with Crippen molar-refractivity contribution in [3.05, 3.63) is 45.1 Å². The van der Waals surface area contributed by atoms with E-state index in [1.165, 1.54) is 17.7 Å². The van der Waals surface area contributed by atoms with Crippen LogP contribution >= 0.6 is 11.9 Å². The van der Waals surface area contributed by atoms with E-state index in [1.807, 2.05) is 6.92 Å². The molecule has 0 radical (unpaired) electrons. The van der Waals surface area contributed by atoms with Crippen LogP contribution in [-0.2, 0) is 11.8 Å². The van der Waals surface area contributed by atoms with Gasteiger partial charge in [0.05, 0.1) is 23.0 Å². The lowest BCUT2D eigenvalue weighted by Gasteiger charge is -2.39. The smallest absolute Gasteiger partial charge is 0.341 e. The van der Waals surface area contributed by atoms with Gasteiger partial charge >= 0.3 is 5.97 Å². The van der Waals surface area contributed by atoms with E-state index in [2.05, 4.69) is 19.8 Å². The quantitative estimate of drug-likeness (QED) is 0.242. The number of carboxylic acids is 1. The van der Waals surface area contributed by atoms with Crippen LogP contribution in [0.25, 0.3) is 11.0 Å². The molecule has 1 atom stereocenters. The molecule has 1 amide bonds. The van der Waals surface area contributed by atoms with Crippen molar-refractivity contribution in [1.82, 2.24) is 19.3 Å². The summed E-state index contributed by atoms with van der Waals surface area (Å²) in [5, 5.41) is 15.9. The third-order valence-electron chi connectivity index (χ3n) is 6.13. The first-order valence-electron chi connectivity index (χ1n) is 11.0. The number of aromatic nitrogens is 4. The highest BCUT2D eigenvalue weighted by Crippen LogP contribution is 2.33. The predicted octanol–water partition coefficient (Wildman–Crippen LogP) is 1.81. The number of fused-ring (bicyclic) bond motifs is 1. The second kappa shape index (κ2) is 9.60. The van der Waals surface area contributed by atoms with Gasteiger partial charge in [-0.15, -0.1) is 0 Å². The van der Waals surface area contributed by atoms with Crippen molar-refractivity contribution >= 4 is 52.8 Å². The highest BCUT2D eigenvalue weighted by molar-refractivity contribution is 7.98. The van der Waals surface area contributed by atoms with Gasteiger partial charge in [0.2, 0.25) is 11.3 Å². The highest BCUT2D eigenvalue weighted by Gasteiger charge is 2.36. The molecule has 0 saturated carbocycles. The number of nitrogens with one attached hydrogen (secondary N) is 1. The number of halogens is 1.